The Hall–Kier alpha value is -1.65. The van der Waals surface area contributed by atoms with Gasteiger partial charge in [0.1, 0.15) is 13.7 Å². The number of carbonyl (C=O) groups excluding carboxylic acids is 2. The maximum atomic E-state index is 13.3. The molecule has 1 aromatic carbocycles. The van der Waals surface area contributed by atoms with E-state index in [1.807, 2.05) is 0 Å². The molecule has 5 heteroatoms. The summed E-state index contributed by atoms with van der Waals surface area (Å²) >= 11 is 0. The molecule has 3 nitrogen and oxygen atoms in total. The number of hydrogen-bond donors (Lipinski definition) is 1. The predicted octanol–water partition coefficient (Wildman–Crippen LogP) is 0.0627. The average molecular weight is 189 g/mol. The maximum absolute atomic E-state index is 13.3. The second-order valence-electron chi connectivity index (χ2n) is 3.12. The van der Waals surface area contributed by atoms with Crippen LogP contribution in [0.25, 0.3) is 0 Å². The Kier molecular flexibility index (Phi) is 1.70. The summed E-state index contributed by atoms with van der Waals surface area (Å²) in [6.07, 6.45) is 0. The van der Waals surface area contributed by atoms with Gasteiger partial charge >= 0.3 is 0 Å². The van der Waals surface area contributed by atoms with Crippen molar-refractivity contribution in [1.82, 2.24) is 0 Å². The third-order valence-corrected chi connectivity index (χ3v) is 2.20. The second kappa shape index (κ2) is 2.67. The van der Waals surface area contributed by atoms with Crippen LogP contribution in [0.4, 0.5) is 10.1 Å². The van der Waals surface area contributed by atoms with Crippen LogP contribution in [0.1, 0.15) is 15.9 Å². The molecule has 2 rings (SSSR count). The van der Waals surface area contributed by atoms with Crippen molar-refractivity contribution in [1.29, 1.82) is 0 Å². The van der Waals surface area contributed by atoms with Gasteiger partial charge in [-0.25, -0.2) is 4.39 Å². The maximum Gasteiger partial charge on any atom is 0.296 e. The summed E-state index contributed by atoms with van der Waals surface area (Å²) in [5.74, 6) is -2.25. The molecule has 0 saturated heterocycles. The molecule has 1 N–H and O–H groups in total. The Balaban J connectivity index is 2.80. The van der Waals surface area contributed by atoms with Crippen LogP contribution in [0.15, 0.2) is 6.07 Å². The number of carbonyl (C=O) groups is 2. The largest absolute Gasteiger partial charge is 0.316 e. The quantitative estimate of drug-likeness (QED) is 0.463. The molecule has 1 heterocycles. The first-order valence-corrected chi connectivity index (χ1v) is 3.96. The number of fused-ring (bicyclic) bond motifs is 1. The molecule has 1 aromatic rings. The van der Waals surface area contributed by atoms with Gasteiger partial charge in [-0.3, -0.25) is 9.59 Å². The van der Waals surface area contributed by atoms with E-state index in [9.17, 15) is 14.0 Å². The predicted molar refractivity (Wildman–Crippen MR) is 49.5 cm³/mol. The number of rotatable bonds is 0. The minimum Gasteiger partial charge on any atom is -0.316 e. The highest BCUT2D eigenvalue weighted by molar-refractivity contribution is 6.56. The van der Waals surface area contributed by atoms with Gasteiger partial charge in [0, 0.05) is 5.56 Å². The molecular weight excluding hydrogens is 184 g/mol. The number of benzene rings is 1. The molecule has 0 bridgehead atoms. The van der Waals surface area contributed by atoms with Gasteiger partial charge in [-0.1, -0.05) is 11.0 Å². The Morgan fingerprint density at radius 1 is 1.43 bits per heavy atom. The van der Waals surface area contributed by atoms with Crippen LogP contribution in [0.5, 0.6) is 0 Å². The normalized spacial score (nSPS) is 14.1. The number of hydrogen-bond acceptors (Lipinski definition) is 2. The highest BCUT2D eigenvalue weighted by Crippen LogP contribution is 2.25. The van der Waals surface area contributed by atoms with E-state index in [2.05, 4.69) is 5.32 Å². The fraction of sp³-hybridized carbons (Fsp3) is 0.111. The number of aryl methyl sites for hydroxylation is 1. The number of ketones is 1. The van der Waals surface area contributed by atoms with E-state index in [1.54, 1.807) is 6.92 Å². The van der Waals surface area contributed by atoms with Crippen LogP contribution in [0, 0.1) is 12.7 Å². The van der Waals surface area contributed by atoms with Gasteiger partial charge in [-0.15, -0.1) is 0 Å². The molecule has 14 heavy (non-hydrogen) atoms. The monoisotopic (exact) mass is 189 g/mol. The third kappa shape index (κ3) is 0.983. The van der Waals surface area contributed by atoms with Gasteiger partial charge in [-0.2, -0.15) is 0 Å². The smallest absolute Gasteiger partial charge is 0.296 e. The van der Waals surface area contributed by atoms with Gasteiger partial charge in [-0.05, 0) is 13.0 Å². The van der Waals surface area contributed by atoms with Gasteiger partial charge in [0.2, 0.25) is 0 Å². The van der Waals surface area contributed by atoms with E-state index in [-0.39, 0.29) is 16.7 Å². The van der Waals surface area contributed by atoms with Crippen LogP contribution in [0.3, 0.4) is 0 Å². The lowest BCUT2D eigenvalue weighted by molar-refractivity contribution is -0.112. The summed E-state index contributed by atoms with van der Waals surface area (Å²) in [5.41, 5.74) is 0.450. The van der Waals surface area contributed by atoms with Crippen LogP contribution in [-0.2, 0) is 4.79 Å². The minimum absolute atomic E-state index is 0.0486. The first-order valence-electron chi connectivity index (χ1n) is 3.96. The topological polar surface area (TPSA) is 46.2 Å². The lowest BCUT2D eigenvalue weighted by atomic mass is 9.84. The zero-order chi connectivity index (χ0) is 10.5. The van der Waals surface area contributed by atoms with Crippen molar-refractivity contribution in [3.05, 3.63) is 23.0 Å². The van der Waals surface area contributed by atoms with Gasteiger partial charge < -0.3 is 5.32 Å². The van der Waals surface area contributed by atoms with E-state index in [4.69, 9.17) is 7.85 Å². The summed E-state index contributed by atoms with van der Waals surface area (Å²) in [7, 11) is 5.58. The van der Waals surface area contributed by atoms with Crippen molar-refractivity contribution >= 4 is 30.7 Å². The molecule has 68 valence electrons. The molecule has 1 aliphatic heterocycles. The number of amides is 1. The molecule has 1 amide bonds. The summed E-state index contributed by atoms with van der Waals surface area (Å²) in [6.45, 7) is 1.58. The Labute approximate surface area is 80.7 Å². The van der Waals surface area contributed by atoms with E-state index in [0.717, 1.165) is 0 Å². The number of Topliss-reactive ketones (excluding diaryl/α,β-unsaturated/α-hetero) is 1. The fourth-order valence-electron chi connectivity index (χ4n) is 1.43. The van der Waals surface area contributed by atoms with Crippen molar-refractivity contribution in [2.24, 2.45) is 0 Å². The van der Waals surface area contributed by atoms with E-state index >= 15 is 0 Å². The van der Waals surface area contributed by atoms with Crippen molar-refractivity contribution in [3.8, 4) is 0 Å². The van der Waals surface area contributed by atoms with Crippen LogP contribution < -0.4 is 10.8 Å². The van der Waals surface area contributed by atoms with Crippen molar-refractivity contribution in [2.45, 2.75) is 6.92 Å². The first-order chi connectivity index (χ1) is 6.52. The van der Waals surface area contributed by atoms with Crippen molar-refractivity contribution in [3.63, 3.8) is 0 Å². The third-order valence-electron chi connectivity index (χ3n) is 2.20. The lowest BCUT2D eigenvalue weighted by Crippen LogP contribution is -2.19. The Morgan fingerprint density at radius 3 is 2.71 bits per heavy atom. The summed E-state index contributed by atoms with van der Waals surface area (Å²) in [5, 5.41) is 2.14. The SMILES string of the molecule is [B]c1c(C)cc(F)c2c1C(=O)C(=O)N2. The van der Waals surface area contributed by atoms with Crippen LogP contribution in [0.2, 0.25) is 0 Å². The lowest BCUT2D eigenvalue weighted by Gasteiger charge is -2.06. The summed E-state index contributed by atoms with van der Waals surface area (Å²) in [4.78, 5) is 22.2. The van der Waals surface area contributed by atoms with E-state index < -0.39 is 17.5 Å². The zero-order valence-corrected chi connectivity index (χ0v) is 7.35. The molecular formula is C9H5BFNO2. The minimum atomic E-state index is -0.837. The number of anilines is 1. The fourth-order valence-corrected chi connectivity index (χ4v) is 1.43. The molecule has 0 spiro atoms. The van der Waals surface area contributed by atoms with Gasteiger partial charge in [0.25, 0.3) is 11.7 Å². The summed E-state index contributed by atoms with van der Waals surface area (Å²) in [6, 6.07) is 1.19. The molecule has 0 fully saturated rings. The van der Waals surface area contributed by atoms with Crippen LogP contribution in [-0.4, -0.2) is 19.5 Å². The van der Waals surface area contributed by atoms with E-state index in [0.29, 0.717) is 5.56 Å². The first kappa shape index (κ1) is 8.93. The number of halogens is 1. The number of nitrogens with one attached hydrogen (secondary N) is 1. The van der Waals surface area contributed by atoms with Crippen molar-refractivity contribution < 1.29 is 14.0 Å². The van der Waals surface area contributed by atoms with Gasteiger partial charge in [0.15, 0.2) is 0 Å². The molecule has 0 aromatic heterocycles. The standard InChI is InChI=1S/C9H5BFNO2/c1-3-2-4(11)7-5(6(3)10)8(13)9(14)12-7/h2H,1H3,(H,12,13,14). The molecule has 0 aliphatic carbocycles. The zero-order valence-electron chi connectivity index (χ0n) is 7.35. The molecule has 1 aliphatic rings. The highest BCUT2D eigenvalue weighted by Gasteiger charge is 2.32. The molecule has 0 saturated carbocycles. The molecule has 0 atom stereocenters. The Morgan fingerprint density at radius 2 is 2.07 bits per heavy atom. The molecule has 2 radical (unpaired) electrons. The molecule has 0 unspecified atom stereocenters. The highest BCUT2D eigenvalue weighted by atomic mass is 19.1. The second-order valence-corrected chi connectivity index (χ2v) is 3.12. The van der Waals surface area contributed by atoms with Crippen LogP contribution >= 0.6 is 0 Å². The van der Waals surface area contributed by atoms with Crippen molar-refractivity contribution in [2.75, 3.05) is 5.32 Å². The average Bonchev–Trinajstić information content (AvgIpc) is 2.41. The van der Waals surface area contributed by atoms with E-state index in [1.165, 1.54) is 6.07 Å². The Bertz CT molecular complexity index is 470. The summed E-state index contributed by atoms with van der Waals surface area (Å²) < 4.78 is 13.3. The van der Waals surface area contributed by atoms with Gasteiger partial charge in [0.05, 0.1) is 5.69 Å².